The molecule has 1 radical (unpaired) electrons. The summed E-state index contributed by atoms with van der Waals surface area (Å²) in [6.45, 7) is 1.71. The Morgan fingerprint density at radius 2 is 2.18 bits per heavy atom. The maximum Gasteiger partial charge on any atom is 0.330 e. The van der Waals surface area contributed by atoms with E-state index in [0.29, 0.717) is 5.75 Å². The van der Waals surface area contributed by atoms with Gasteiger partial charge in [-0.2, -0.15) is 0 Å². The molecule has 0 heterocycles. The third-order valence-electron chi connectivity index (χ3n) is 1.85. The van der Waals surface area contributed by atoms with Crippen molar-refractivity contribution < 1.29 is 19.4 Å². The topological polar surface area (TPSA) is 55.8 Å². The molecular formula is C13H15O4. The standard InChI is InChI=1S/C13H15O4/c1-2-6-13(15)17-10-11(14)9-16-12-7-4-3-5-8-12/h2,4-8,11,14H,9-10H2,1H3. The van der Waals surface area contributed by atoms with Crippen LogP contribution in [0.3, 0.4) is 0 Å². The van der Waals surface area contributed by atoms with Gasteiger partial charge < -0.3 is 14.6 Å². The number of aliphatic hydroxyl groups is 1. The molecule has 0 saturated heterocycles. The summed E-state index contributed by atoms with van der Waals surface area (Å²) in [5, 5.41) is 9.49. The minimum absolute atomic E-state index is 0.0765. The zero-order chi connectivity index (χ0) is 12.5. The molecule has 91 valence electrons. The Labute approximate surface area is 100 Å². The van der Waals surface area contributed by atoms with Crippen molar-refractivity contribution in [3.8, 4) is 5.75 Å². The number of ether oxygens (including phenoxy) is 2. The zero-order valence-electron chi connectivity index (χ0n) is 9.63. The summed E-state index contributed by atoms with van der Waals surface area (Å²) in [7, 11) is 0. The van der Waals surface area contributed by atoms with Gasteiger partial charge in [0.25, 0.3) is 0 Å². The Morgan fingerprint density at radius 1 is 1.47 bits per heavy atom. The van der Waals surface area contributed by atoms with E-state index in [-0.39, 0.29) is 13.2 Å². The Hall–Kier alpha value is -1.81. The lowest BCUT2D eigenvalue weighted by Gasteiger charge is -2.11. The maximum absolute atomic E-state index is 11.0. The highest BCUT2D eigenvalue weighted by Crippen LogP contribution is 2.08. The lowest BCUT2D eigenvalue weighted by molar-refractivity contribution is -0.141. The van der Waals surface area contributed by atoms with Gasteiger partial charge in [-0.1, -0.05) is 18.2 Å². The Balaban J connectivity index is 2.22. The summed E-state index contributed by atoms with van der Waals surface area (Å²) < 4.78 is 10.1. The maximum atomic E-state index is 11.0. The van der Waals surface area contributed by atoms with Gasteiger partial charge in [0.15, 0.2) is 0 Å². The Bertz CT molecular complexity index is 359. The molecule has 0 aromatic heterocycles. The Morgan fingerprint density at radius 3 is 2.82 bits per heavy atom. The van der Waals surface area contributed by atoms with E-state index >= 15 is 0 Å². The van der Waals surface area contributed by atoms with E-state index in [1.54, 1.807) is 37.3 Å². The van der Waals surface area contributed by atoms with Crippen molar-refractivity contribution in [2.45, 2.75) is 13.0 Å². The largest absolute Gasteiger partial charge is 0.491 e. The fourth-order valence-electron chi connectivity index (χ4n) is 1.07. The second-order valence-electron chi connectivity index (χ2n) is 3.33. The van der Waals surface area contributed by atoms with Crippen molar-refractivity contribution in [3.05, 3.63) is 42.5 Å². The number of allylic oxidation sites excluding steroid dienone is 1. The summed E-state index contributed by atoms with van der Waals surface area (Å²) in [5.74, 6) is 0.170. The molecule has 0 fully saturated rings. The summed E-state index contributed by atoms with van der Waals surface area (Å²) in [6.07, 6.45) is 2.03. The fraction of sp³-hybridized carbons (Fsp3) is 0.308. The van der Waals surface area contributed by atoms with Gasteiger partial charge >= 0.3 is 5.97 Å². The second kappa shape index (κ2) is 7.46. The molecule has 4 nitrogen and oxygen atoms in total. The van der Waals surface area contributed by atoms with Crippen LogP contribution < -0.4 is 4.74 Å². The quantitative estimate of drug-likeness (QED) is 0.597. The average molecular weight is 235 g/mol. The number of aliphatic hydroxyl groups excluding tert-OH is 1. The first-order valence-corrected chi connectivity index (χ1v) is 5.29. The molecule has 1 aromatic carbocycles. The van der Waals surface area contributed by atoms with E-state index in [1.165, 1.54) is 6.08 Å². The highest BCUT2D eigenvalue weighted by atomic mass is 16.5. The van der Waals surface area contributed by atoms with E-state index in [0.717, 1.165) is 0 Å². The van der Waals surface area contributed by atoms with Crippen LogP contribution in [0.15, 0.2) is 36.4 Å². The summed E-state index contributed by atoms with van der Waals surface area (Å²) in [4.78, 5) is 11.0. The van der Waals surface area contributed by atoms with E-state index in [1.807, 2.05) is 0 Å². The average Bonchev–Trinajstić information content (AvgIpc) is 2.35. The van der Waals surface area contributed by atoms with Gasteiger partial charge in [-0.15, -0.1) is 0 Å². The number of hydrogen-bond donors (Lipinski definition) is 1. The number of carbonyl (C=O) groups is 1. The summed E-state index contributed by atoms with van der Waals surface area (Å²) in [6, 6.07) is 9.76. The van der Waals surface area contributed by atoms with Crippen molar-refractivity contribution in [1.82, 2.24) is 0 Å². The first-order chi connectivity index (χ1) is 8.22. The molecule has 0 bridgehead atoms. The Kier molecular flexibility index (Phi) is 5.82. The van der Waals surface area contributed by atoms with E-state index in [9.17, 15) is 9.90 Å². The van der Waals surface area contributed by atoms with Gasteiger partial charge in [-0.05, 0) is 25.1 Å². The van der Waals surface area contributed by atoms with Crippen molar-refractivity contribution >= 4 is 5.97 Å². The molecule has 0 aliphatic heterocycles. The number of rotatable bonds is 6. The van der Waals surface area contributed by atoms with Gasteiger partial charge in [0.2, 0.25) is 0 Å². The van der Waals surface area contributed by atoms with Gasteiger partial charge in [0.05, 0.1) is 0 Å². The highest BCUT2D eigenvalue weighted by Gasteiger charge is 2.07. The van der Waals surface area contributed by atoms with Crippen LogP contribution in [-0.4, -0.2) is 30.4 Å². The van der Waals surface area contributed by atoms with Gasteiger partial charge in [-0.3, -0.25) is 0 Å². The van der Waals surface area contributed by atoms with Gasteiger partial charge in [-0.25, -0.2) is 4.79 Å². The monoisotopic (exact) mass is 235 g/mol. The fourth-order valence-corrected chi connectivity index (χ4v) is 1.07. The van der Waals surface area contributed by atoms with Crippen molar-refractivity contribution in [2.75, 3.05) is 13.2 Å². The van der Waals surface area contributed by atoms with E-state index in [4.69, 9.17) is 9.47 Å². The molecule has 1 N–H and O–H groups in total. The minimum Gasteiger partial charge on any atom is -0.491 e. The van der Waals surface area contributed by atoms with Crippen LogP contribution in [0.5, 0.6) is 5.75 Å². The van der Waals surface area contributed by atoms with Crippen molar-refractivity contribution in [1.29, 1.82) is 0 Å². The van der Waals surface area contributed by atoms with Crippen LogP contribution in [0.2, 0.25) is 0 Å². The predicted molar refractivity (Wildman–Crippen MR) is 62.6 cm³/mol. The van der Waals surface area contributed by atoms with Crippen LogP contribution in [0, 0.1) is 6.07 Å². The predicted octanol–water partition coefficient (Wildman–Crippen LogP) is 1.35. The molecule has 0 aliphatic carbocycles. The zero-order valence-corrected chi connectivity index (χ0v) is 9.63. The molecule has 1 rings (SSSR count). The van der Waals surface area contributed by atoms with Crippen LogP contribution >= 0.6 is 0 Å². The SMILES string of the molecule is CC=CC(=O)OCC(O)COc1cc[c]cc1. The van der Waals surface area contributed by atoms with Crippen LogP contribution in [-0.2, 0) is 9.53 Å². The first-order valence-electron chi connectivity index (χ1n) is 5.29. The number of esters is 1. The molecule has 1 aromatic rings. The third kappa shape index (κ3) is 5.73. The molecule has 0 aliphatic rings. The summed E-state index contributed by atoms with van der Waals surface area (Å²) in [5.41, 5.74) is 0. The molecule has 0 saturated carbocycles. The molecule has 0 spiro atoms. The van der Waals surface area contributed by atoms with Gasteiger partial charge in [0, 0.05) is 6.08 Å². The number of hydrogen-bond acceptors (Lipinski definition) is 4. The number of carbonyl (C=O) groups excluding carboxylic acids is 1. The van der Waals surface area contributed by atoms with Crippen molar-refractivity contribution in [2.24, 2.45) is 0 Å². The number of benzene rings is 1. The lowest BCUT2D eigenvalue weighted by Crippen LogP contribution is -2.24. The second-order valence-corrected chi connectivity index (χ2v) is 3.33. The lowest BCUT2D eigenvalue weighted by atomic mass is 10.3. The minimum atomic E-state index is -0.839. The molecule has 0 amide bonds. The molecule has 4 heteroatoms. The van der Waals surface area contributed by atoms with E-state index in [2.05, 4.69) is 6.07 Å². The molecule has 1 atom stereocenters. The molecule has 17 heavy (non-hydrogen) atoms. The van der Waals surface area contributed by atoms with Crippen LogP contribution in [0.4, 0.5) is 0 Å². The first kappa shape index (κ1) is 13.3. The van der Waals surface area contributed by atoms with E-state index < -0.39 is 12.1 Å². The van der Waals surface area contributed by atoms with Crippen LogP contribution in [0.25, 0.3) is 0 Å². The normalized spacial score (nSPS) is 12.4. The van der Waals surface area contributed by atoms with Crippen LogP contribution in [0.1, 0.15) is 6.92 Å². The van der Waals surface area contributed by atoms with Gasteiger partial charge in [0.1, 0.15) is 25.1 Å². The highest BCUT2D eigenvalue weighted by molar-refractivity contribution is 5.81. The smallest absolute Gasteiger partial charge is 0.330 e. The summed E-state index contributed by atoms with van der Waals surface area (Å²) >= 11 is 0. The van der Waals surface area contributed by atoms with Crippen molar-refractivity contribution in [3.63, 3.8) is 0 Å². The molecule has 1 unspecified atom stereocenters. The third-order valence-corrected chi connectivity index (χ3v) is 1.85. The molecular weight excluding hydrogens is 220 g/mol.